The third-order valence-corrected chi connectivity index (χ3v) is 5.67. The maximum atomic E-state index is 12.7. The van der Waals surface area contributed by atoms with Gasteiger partial charge >= 0.3 is 15.5 Å². The number of allylic oxidation sites excluding steroid dienone is 1. The zero-order valence-electron chi connectivity index (χ0n) is 14.8. The largest absolute Gasteiger partial charge is 0.516 e. The molecule has 1 aliphatic carbocycles. The third-order valence-electron chi connectivity index (χ3n) is 4.34. The van der Waals surface area contributed by atoms with Gasteiger partial charge in [-0.15, -0.1) is 0 Å². The van der Waals surface area contributed by atoms with Gasteiger partial charge in [0.05, 0.1) is 18.0 Å². The van der Waals surface area contributed by atoms with E-state index in [9.17, 15) is 21.6 Å². The van der Waals surface area contributed by atoms with Crippen LogP contribution >= 0.6 is 11.6 Å². The first-order valence-electron chi connectivity index (χ1n) is 8.57. The second kappa shape index (κ2) is 9.16. The summed E-state index contributed by atoms with van der Waals surface area (Å²) in [5, 5.41) is 0.244. The Bertz CT molecular complexity index is 776. The molecule has 0 bridgehead atoms. The Kier molecular flexibility index (Phi) is 7.41. The minimum absolute atomic E-state index is 0.154. The fourth-order valence-electron chi connectivity index (χ4n) is 2.89. The number of rotatable bonds is 7. The van der Waals surface area contributed by atoms with Crippen molar-refractivity contribution >= 4 is 33.0 Å². The van der Waals surface area contributed by atoms with Gasteiger partial charge in [-0.2, -0.15) is 21.6 Å². The van der Waals surface area contributed by atoms with Crippen LogP contribution in [-0.2, 0) is 14.9 Å². The summed E-state index contributed by atoms with van der Waals surface area (Å²) >= 11 is 5.94. The topological polar surface area (TPSA) is 67.4 Å². The van der Waals surface area contributed by atoms with Gasteiger partial charge < -0.3 is 0 Å². The van der Waals surface area contributed by atoms with Crippen LogP contribution in [0.3, 0.4) is 0 Å². The predicted octanol–water partition coefficient (Wildman–Crippen LogP) is 5.06. The van der Waals surface area contributed by atoms with Crippen molar-refractivity contribution in [2.24, 2.45) is 5.92 Å². The van der Waals surface area contributed by atoms with Gasteiger partial charge in [0.2, 0.25) is 0 Å². The van der Waals surface area contributed by atoms with Crippen LogP contribution in [0.4, 0.5) is 18.9 Å². The van der Waals surface area contributed by atoms with Crippen LogP contribution in [0.2, 0.25) is 5.02 Å². The van der Waals surface area contributed by atoms with Gasteiger partial charge in [-0.25, -0.2) is 0 Å². The Morgan fingerprint density at radius 1 is 1.30 bits per heavy atom. The number of alkyl halides is 3. The van der Waals surface area contributed by atoms with Gasteiger partial charge in [0.15, 0.2) is 0 Å². The van der Waals surface area contributed by atoms with E-state index in [-0.39, 0.29) is 16.3 Å². The fourth-order valence-corrected chi connectivity index (χ4v) is 3.65. The molecule has 0 radical (unpaired) electrons. The fraction of sp³-hybridized carbons (Fsp3) is 0.529. The minimum atomic E-state index is -5.55. The van der Waals surface area contributed by atoms with Crippen molar-refractivity contribution < 1.29 is 26.4 Å². The van der Waals surface area contributed by atoms with E-state index in [4.69, 9.17) is 16.4 Å². The molecule has 152 valence electrons. The van der Waals surface area contributed by atoms with Crippen molar-refractivity contribution in [1.29, 1.82) is 0 Å². The van der Waals surface area contributed by atoms with Gasteiger partial charge in [-0.1, -0.05) is 36.9 Å². The normalized spacial score (nSPS) is 17.0. The average Bonchev–Trinajstić information content (AvgIpc) is 2.60. The molecule has 1 aromatic carbocycles. The Balaban J connectivity index is 2.15. The molecule has 1 aromatic rings. The molecule has 0 atom stereocenters. The number of hydrogen-bond donors (Lipinski definition) is 2. The lowest BCUT2D eigenvalue weighted by Crippen LogP contribution is -2.30. The van der Waals surface area contributed by atoms with Gasteiger partial charge in [0, 0.05) is 10.6 Å². The summed E-state index contributed by atoms with van der Waals surface area (Å²) in [6.07, 6.45) is 7.23. The van der Waals surface area contributed by atoms with Gasteiger partial charge in [-0.3, -0.25) is 15.0 Å². The maximum absolute atomic E-state index is 12.7. The van der Waals surface area contributed by atoms with Crippen molar-refractivity contribution in [3.63, 3.8) is 0 Å². The molecule has 10 heteroatoms. The highest BCUT2D eigenvalue weighted by Gasteiger charge is 2.46. The summed E-state index contributed by atoms with van der Waals surface area (Å²) in [6.45, 7) is 2.11. The van der Waals surface area contributed by atoms with E-state index in [1.165, 1.54) is 24.6 Å². The van der Waals surface area contributed by atoms with Crippen molar-refractivity contribution in [2.45, 2.75) is 44.5 Å². The molecule has 1 saturated carbocycles. The Hall–Kier alpha value is -1.45. The van der Waals surface area contributed by atoms with Crippen molar-refractivity contribution in [2.75, 3.05) is 11.3 Å². The molecule has 0 aliphatic heterocycles. The minimum Gasteiger partial charge on any atom is -0.276 e. The molecule has 0 aromatic heterocycles. The third kappa shape index (κ3) is 6.02. The highest BCUT2D eigenvalue weighted by Crippen LogP contribution is 2.31. The summed E-state index contributed by atoms with van der Waals surface area (Å²) in [5.74, 6) is 0.423. The first-order valence-corrected chi connectivity index (χ1v) is 10.4. The molecule has 5 nitrogen and oxygen atoms in total. The second-order valence-corrected chi connectivity index (χ2v) is 8.47. The van der Waals surface area contributed by atoms with Crippen molar-refractivity contribution in [3.05, 3.63) is 34.9 Å². The molecule has 27 heavy (non-hydrogen) atoms. The summed E-state index contributed by atoms with van der Waals surface area (Å²) in [6, 6.07) is 3.84. The summed E-state index contributed by atoms with van der Waals surface area (Å²) in [4.78, 5) is 5.51. The molecule has 2 rings (SSSR count). The number of halogens is 4. The molecule has 2 N–H and O–H groups in total. The zero-order valence-corrected chi connectivity index (χ0v) is 16.3. The highest BCUT2D eigenvalue weighted by atomic mass is 35.5. The molecular weight excluding hydrogens is 405 g/mol. The summed E-state index contributed by atoms with van der Waals surface area (Å²) in [7, 11) is -5.55. The Labute approximate surface area is 161 Å². The van der Waals surface area contributed by atoms with Gasteiger partial charge in [0.1, 0.15) is 0 Å². The van der Waals surface area contributed by atoms with E-state index < -0.39 is 15.5 Å². The second-order valence-electron chi connectivity index (χ2n) is 6.36. The molecule has 0 unspecified atom stereocenters. The molecule has 1 aliphatic rings. The molecule has 0 spiro atoms. The van der Waals surface area contributed by atoms with E-state index in [2.05, 4.69) is 5.48 Å². The van der Waals surface area contributed by atoms with Gasteiger partial charge in [0.25, 0.3) is 0 Å². The lowest BCUT2D eigenvalue weighted by molar-refractivity contribution is -0.0429. The van der Waals surface area contributed by atoms with Gasteiger partial charge in [-0.05, 0) is 43.9 Å². The van der Waals surface area contributed by atoms with E-state index in [0.29, 0.717) is 18.2 Å². The number of sulfonamides is 1. The molecule has 0 heterocycles. The van der Waals surface area contributed by atoms with E-state index in [1.807, 2.05) is 0 Å². The zero-order chi connectivity index (χ0) is 20.1. The van der Waals surface area contributed by atoms with Crippen LogP contribution in [0, 0.1) is 5.92 Å². The SMILES string of the molecule is CC=C(NOCC1CCCCC1)c1cc(Cl)ccc1NS(=O)(=O)C(F)(F)F. The molecule has 0 saturated heterocycles. The summed E-state index contributed by atoms with van der Waals surface area (Å²) < 4.78 is 62.5. The highest BCUT2D eigenvalue weighted by molar-refractivity contribution is 7.93. The van der Waals surface area contributed by atoms with Crippen LogP contribution in [0.1, 0.15) is 44.6 Å². The molecule has 1 fully saturated rings. The van der Waals surface area contributed by atoms with E-state index in [1.54, 1.807) is 17.7 Å². The van der Waals surface area contributed by atoms with E-state index >= 15 is 0 Å². The Morgan fingerprint density at radius 3 is 2.56 bits per heavy atom. The predicted molar refractivity (Wildman–Crippen MR) is 99.4 cm³/mol. The van der Waals surface area contributed by atoms with Crippen LogP contribution in [0.25, 0.3) is 5.70 Å². The lowest BCUT2D eigenvalue weighted by Gasteiger charge is -2.22. The number of hydroxylamine groups is 1. The smallest absolute Gasteiger partial charge is 0.276 e. The van der Waals surface area contributed by atoms with Crippen molar-refractivity contribution in [1.82, 2.24) is 5.48 Å². The number of anilines is 1. The summed E-state index contributed by atoms with van der Waals surface area (Å²) in [5.41, 5.74) is -2.50. The molecule has 0 amide bonds. The average molecular weight is 427 g/mol. The Morgan fingerprint density at radius 2 is 1.96 bits per heavy atom. The number of nitrogens with one attached hydrogen (secondary N) is 2. The number of benzene rings is 1. The van der Waals surface area contributed by atoms with Crippen LogP contribution < -0.4 is 10.2 Å². The first-order chi connectivity index (χ1) is 12.6. The van der Waals surface area contributed by atoms with Crippen LogP contribution in [-0.4, -0.2) is 20.5 Å². The monoisotopic (exact) mass is 426 g/mol. The quantitative estimate of drug-likeness (QED) is 0.598. The van der Waals surface area contributed by atoms with Crippen LogP contribution in [0.5, 0.6) is 0 Å². The van der Waals surface area contributed by atoms with Crippen LogP contribution in [0.15, 0.2) is 24.3 Å². The standard InChI is InChI=1S/C17H22ClF3N2O3S/c1-2-15(22-26-11-12-6-4-3-5-7-12)14-10-13(18)8-9-16(14)23-27(24,25)17(19,20)21/h2,8-10,12,22-23H,3-7,11H2,1H3. The van der Waals surface area contributed by atoms with Crippen molar-refractivity contribution in [3.8, 4) is 0 Å². The molecular formula is C17H22ClF3N2O3S. The van der Waals surface area contributed by atoms with E-state index in [0.717, 1.165) is 25.7 Å². The number of hydrogen-bond acceptors (Lipinski definition) is 4. The maximum Gasteiger partial charge on any atom is 0.516 e. The first kappa shape index (κ1) is 21.8. The lowest BCUT2D eigenvalue weighted by atomic mass is 9.90.